The van der Waals surface area contributed by atoms with Gasteiger partial charge in [0.15, 0.2) is 0 Å². The molecule has 0 heterocycles. The fourth-order valence-corrected chi connectivity index (χ4v) is 2.07. The molecule has 0 fully saturated rings. The van der Waals surface area contributed by atoms with Crippen molar-refractivity contribution in [2.24, 2.45) is 0 Å². The minimum absolute atomic E-state index is 0.112. The summed E-state index contributed by atoms with van der Waals surface area (Å²) in [5.74, 6) is -0.420. The Labute approximate surface area is 121 Å². The van der Waals surface area contributed by atoms with Crippen LogP contribution in [-0.2, 0) is 0 Å². The summed E-state index contributed by atoms with van der Waals surface area (Å²) < 4.78 is 5.39. The zero-order valence-electron chi connectivity index (χ0n) is 9.48. The molecule has 0 aliphatic heterocycles. The van der Waals surface area contributed by atoms with E-state index in [0.29, 0.717) is 18.1 Å². The number of para-hydroxylation sites is 1. The summed E-state index contributed by atoms with van der Waals surface area (Å²) in [6.45, 7) is 0.186. The molecule has 1 rings (SSSR count). The summed E-state index contributed by atoms with van der Waals surface area (Å²) >= 11 is 17.4. The van der Waals surface area contributed by atoms with E-state index in [1.165, 1.54) is 6.07 Å². The highest BCUT2D eigenvalue weighted by Gasteiger charge is 2.15. The highest BCUT2D eigenvalue weighted by molar-refractivity contribution is 6.28. The normalized spacial score (nSPS) is 13.9. The molecule has 1 aromatic carbocycles. The SMILES string of the molecule is O=C(O)c1ccccc1OCC(Cl)CC(Cl)CCl. The zero-order chi connectivity index (χ0) is 13.5. The maximum atomic E-state index is 10.9. The number of ether oxygens (including phenoxy) is 1. The molecule has 3 nitrogen and oxygen atoms in total. The van der Waals surface area contributed by atoms with Gasteiger partial charge in [-0.15, -0.1) is 34.8 Å². The van der Waals surface area contributed by atoms with E-state index in [0.717, 1.165) is 0 Å². The van der Waals surface area contributed by atoms with Gasteiger partial charge in [-0.2, -0.15) is 0 Å². The number of alkyl halides is 3. The maximum Gasteiger partial charge on any atom is 0.339 e. The lowest BCUT2D eigenvalue weighted by Gasteiger charge is -2.14. The molecular formula is C12H13Cl3O3. The molecule has 2 unspecified atom stereocenters. The maximum absolute atomic E-state index is 10.9. The summed E-state index contributed by atoms with van der Waals surface area (Å²) in [6.07, 6.45) is 0.502. The van der Waals surface area contributed by atoms with E-state index < -0.39 is 5.97 Å². The van der Waals surface area contributed by atoms with Crippen LogP contribution in [0.4, 0.5) is 0 Å². The Morgan fingerprint density at radius 1 is 1.28 bits per heavy atom. The molecule has 0 bridgehead atoms. The Kier molecular flexibility index (Phi) is 6.61. The summed E-state index contributed by atoms with van der Waals surface area (Å²) in [7, 11) is 0. The molecule has 1 N–H and O–H groups in total. The van der Waals surface area contributed by atoms with Crippen LogP contribution in [0.25, 0.3) is 0 Å². The quantitative estimate of drug-likeness (QED) is 0.783. The van der Waals surface area contributed by atoms with E-state index >= 15 is 0 Å². The van der Waals surface area contributed by atoms with Crippen molar-refractivity contribution in [2.45, 2.75) is 17.2 Å². The molecule has 0 amide bonds. The zero-order valence-corrected chi connectivity index (χ0v) is 11.8. The van der Waals surface area contributed by atoms with Crippen LogP contribution in [0, 0.1) is 0 Å². The van der Waals surface area contributed by atoms with Gasteiger partial charge in [0.1, 0.15) is 17.9 Å². The molecular weight excluding hydrogens is 298 g/mol. The summed E-state index contributed by atoms with van der Waals surface area (Å²) in [4.78, 5) is 10.9. The van der Waals surface area contributed by atoms with Gasteiger partial charge < -0.3 is 9.84 Å². The summed E-state index contributed by atoms with van der Waals surface area (Å²) in [6, 6.07) is 6.40. The Morgan fingerprint density at radius 2 is 1.94 bits per heavy atom. The number of aromatic carboxylic acids is 1. The Bertz CT molecular complexity index is 398. The van der Waals surface area contributed by atoms with Crippen molar-refractivity contribution >= 4 is 40.8 Å². The van der Waals surface area contributed by atoms with Gasteiger partial charge >= 0.3 is 5.97 Å². The number of hydrogen-bond acceptors (Lipinski definition) is 2. The average Bonchev–Trinajstić information content (AvgIpc) is 2.36. The molecule has 1 aromatic rings. The second-order valence-electron chi connectivity index (χ2n) is 3.70. The van der Waals surface area contributed by atoms with E-state index in [9.17, 15) is 4.79 Å². The number of carboxylic acids is 1. The second kappa shape index (κ2) is 7.72. The number of benzene rings is 1. The van der Waals surface area contributed by atoms with Gasteiger partial charge in [0.2, 0.25) is 0 Å². The number of carbonyl (C=O) groups is 1. The van der Waals surface area contributed by atoms with Crippen molar-refractivity contribution in [3.8, 4) is 5.75 Å². The van der Waals surface area contributed by atoms with Crippen LogP contribution in [0.15, 0.2) is 24.3 Å². The van der Waals surface area contributed by atoms with Gasteiger partial charge in [0.05, 0.1) is 5.38 Å². The molecule has 0 aliphatic carbocycles. The molecule has 0 spiro atoms. The van der Waals surface area contributed by atoms with Crippen molar-refractivity contribution in [2.75, 3.05) is 12.5 Å². The predicted molar refractivity (Wildman–Crippen MR) is 73.5 cm³/mol. The van der Waals surface area contributed by atoms with Crippen molar-refractivity contribution in [1.29, 1.82) is 0 Å². The standard InChI is InChI=1S/C12H13Cl3O3/c13-6-8(14)5-9(15)7-18-11-4-2-1-3-10(11)12(16)17/h1-4,8-9H,5-7H2,(H,16,17). The minimum Gasteiger partial charge on any atom is -0.491 e. The van der Waals surface area contributed by atoms with Gasteiger partial charge in [0, 0.05) is 11.3 Å². The van der Waals surface area contributed by atoms with E-state index in [2.05, 4.69) is 0 Å². The average molecular weight is 312 g/mol. The van der Waals surface area contributed by atoms with E-state index in [-0.39, 0.29) is 22.9 Å². The van der Waals surface area contributed by atoms with Crippen LogP contribution in [0.3, 0.4) is 0 Å². The molecule has 2 atom stereocenters. The third kappa shape index (κ3) is 4.92. The molecule has 0 aromatic heterocycles. The number of hydrogen-bond donors (Lipinski definition) is 1. The highest BCUT2D eigenvalue weighted by Crippen LogP contribution is 2.20. The van der Waals surface area contributed by atoms with Crippen LogP contribution in [0.2, 0.25) is 0 Å². The lowest BCUT2D eigenvalue weighted by molar-refractivity contribution is 0.0692. The van der Waals surface area contributed by atoms with Crippen molar-refractivity contribution < 1.29 is 14.6 Å². The third-order valence-electron chi connectivity index (χ3n) is 2.22. The third-order valence-corrected chi connectivity index (χ3v) is 3.38. The second-order valence-corrected chi connectivity index (χ2v) is 5.24. The summed E-state index contributed by atoms with van der Waals surface area (Å²) in [5.41, 5.74) is 0.112. The molecule has 0 saturated carbocycles. The fourth-order valence-electron chi connectivity index (χ4n) is 1.36. The van der Waals surface area contributed by atoms with Gasteiger partial charge in [-0.25, -0.2) is 4.79 Å². The van der Waals surface area contributed by atoms with Gasteiger partial charge in [-0.3, -0.25) is 0 Å². The van der Waals surface area contributed by atoms with E-state index in [1.807, 2.05) is 0 Å². The van der Waals surface area contributed by atoms with Crippen molar-refractivity contribution in [3.05, 3.63) is 29.8 Å². The fraction of sp³-hybridized carbons (Fsp3) is 0.417. The number of rotatable bonds is 7. The topological polar surface area (TPSA) is 46.5 Å². The first kappa shape index (κ1) is 15.4. The van der Waals surface area contributed by atoms with Crippen LogP contribution in [0.5, 0.6) is 5.75 Å². The predicted octanol–water partition coefficient (Wildman–Crippen LogP) is 3.61. The Morgan fingerprint density at radius 3 is 2.56 bits per heavy atom. The van der Waals surface area contributed by atoms with E-state index in [4.69, 9.17) is 44.6 Å². The molecule has 0 radical (unpaired) electrons. The van der Waals surface area contributed by atoms with Gasteiger partial charge in [-0.1, -0.05) is 12.1 Å². The molecule has 6 heteroatoms. The molecule has 0 saturated heterocycles. The highest BCUT2D eigenvalue weighted by atomic mass is 35.5. The first-order chi connectivity index (χ1) is 8.54. The van der Waals surface area contributed by atoms with Gasteiger partial charge in [0.25, 0.3) is 0 Å². The Hall–Kier alpha value is -0.640. The van der Waals surface area contributed by atoms with Crippen LogP contribution in [-0.4, -0.2) is 34.3 Å². The number of carboxylic acid groups (broad SMARTS) is 1. The summed E-state index contributed by atoms with van der Waals surface area (Å²) in [5, 5.41) is 8.44. The first-order valence-corrected chi connectivity index (χ1v) is 6.74. The Balaban J connectivity index is 2.55. The smallest absolute Gasteiger partial charge is 0.339 e. The largest absolute Gasteiger partial charge is 0.491 e. The molecule has 18 heavy (non-hydrogen) atoms. The van der Waals surface area contributed by atoms with Crippen LogP contribution in [0.1, 0.15) is 16.8 Å². The van der Waals surface area contributed by atoms with Crippen LogP contribution < -0.4 is 4.74 Å². The minimum atomic E-state index is -1.03. The van der Waals surface area contributed by atoms with E-state index in [1.54, 1.807) is 18.2 Å². The lowest BCUT2D eigenvalue weighted by Crippen LogP contribution is -2.18. The molecule has 0 aliphatic rings. The van der Waals surface area contributed by atoms with Crippen molar-refractivity contribution in [3.63, 3.8) is 0 Å². The van der Waals surface area contributed by atoms with Gasteiger partial charge in [-0.05, 0) is 18.6 Å². The number of halogens is 3. The molecule has 100 valence electrons. The van der Waals surface area contributed by atoms with Crippen LogP contribution >= 0.6 is 34.8 Å². The first-order valence-electron chi connectivity index (χ1n) is 5.33. The lowest BCUT2D eigenvalue weighted by atomic mass is 10.2. The van der Waals surface area contributed by atoms with Crippen molar-refractivity contribution in [1.82, 2.24) is 0 Å². The monoisotopic (exact) mass is 310 g/mol.